The highest BCUT2D eigenvalue weighted by Crippen LogP contribution is 1.73. The Kier molecular flexibility index (Phi) is 3.35. The number of hydrogen-bond donors (Lipinski definition) is 0. The minimum Gasteiger partial charge on any atom is -0.369 e. The molecule has 0 radical (unpaired) electrons. The van der Waals surface area contributed by atoms with Gasteiger partial charge < -0.3 is 4.90 Å². The van der Waals surface area contributed by atoms with Gasteiger partial charge in [0.25, 0.3) is 5.91 Å². The van der Waals surface area contributed by atoms with Gasteiger partial charge in [-0.1, -0.05) is 6.58 Å². The number of carbonyl (C=O) groups excluding carboxylic acids is 1. The first-order chi connectivity index (χ1) is 4.16. The largest absolute Gasteiger partial charge is 0.369 e. The molecular weight excluding hydrogens is 116 g/mol. The van der Waals surface area contributed by atoms with Crippen molar-refractivity contribution in [2.24, 2.45) is 4.99 Å². The molecule has 9 heavy (non-hydrogen) atoms. The lowest BCUT2D eigenvalue weighted by atomic mass is 10.6. The van der Waals surface area contributed by atoms with Crippen molar-refractivity contribution in [3.05, 3.63) is 12.7 Å². The molecule has 0 N–H and O–H groups in total. The SMILES string of the molecule is C=CC(=O)N=CN(C)C. The van der Waals surface area contributed by atoms with Gasteiger partial charge >= 0.3 is 0 Å². The fourth-order valence-electron chi connectivity index (χ4n) is 0.225. The molecule has 0 aromatic carbocycles. The first kappa shape index (κ1) is 7.88. The van der Waals surface area contributed by atoms with Gasteiger partial charge in [-0.15, -0.1) is 0 Å². The maximum Gasteiger partial charge on any atom is 0.270 e. The van der Waals surface area contributed by atoms with E-state index in [9.17, 15) is 4.79 Å². The van der Waals surface area contributed by atoms with Crippen LogP contribution in [0.25, 0.3) is 0 Å². The van der Waals surface area contributed by atoms with E-state index in [0.717, 1.165) is 0 Å². The van der Waals surface area contributed by atoms with Crippen molar-refractivity contribution in [2.75, 3.05) is 14.1 Å². The number of carbonyl (C=O) groups is 1. The van der Waals surface area contributed by atoms with Gasteiger partial charge in [-0.25, -0.2) is 4.99 Å². The normalized spacial score (nSPS) is 9.56. The lowest BCUT2D eigenvalue weighted by Gasteiger charge is -1.99. The van der Waals surface area contributed by atoms with E-state index in [1.54, 1.807) is 19.0 Å². The fourth-order valence-corrected chi connectivity index (χ4v) is 0.225. The number of aliphatic imine (C=N–C) groups is 1. The third kappa shape index (κ3) is 4.74. The Hall–Kier alpha value is -1.12. The molecule has 0 unspecified atom stereocenters. The molecule has 0 aliphatic heterocycles. The van der Waals surface area contributed by atoms with Crippen LogP contribution >= 0.6 is 0 Å². The minimum atomic E-state index is -0.316. The van der Waals surface area contributed by atoms with Gasteiger partial charge in [-0.2, -0.15) is 0 Å². The van der Waals surface area contributed by atoms with Crippen LogP contribution in [0, 0.1) is 0 Å². The zero-order chi connectivity index (χ0) is 7.28. The monoisotopic (exact) mass is 126 g/mol. The lowest BCUT2D eigenvalue weighted by Crippen LogP contribution is -2.08. The summed E-state index contributed by atoms with van der Waals surface area (Å²) in [6.45, 7) is 3.26. The Balaban J connectivity index is 3.70. The smallest absolute Gasteiger partial charge is 0.270 e. The van der Waals surface area contributed by atoms with Crippen molar-refractivity contribution in [3.63, 3.8) is 0 Å². The maximum atomic E-state index is 10.4. The Morgan fingerprint density at radius 2 is 2.22 bits per heavy atom. The summed E-state index contributed by atoms with van der Waals surface area (Å²) in [6, 6.07) is 0. The van der Waals surface area contributed by atoms with Crippen molar-refractivity contribution < 1.29 is 4.79 Å². The molecule has 0 atom stereocenters. The molecule has 0 fully saturated rings. The van der Waals surface area contributed by atoms with Crippen LogP contribution in [0.4, 0.5) is 0 Å². The summed E-state index contributed by atoms with van der Waals surface area (Å²) in [7, 11) is 3.58. The number of hydrogen-bond acceptors (Lipinski definition) is 1. The molecule has 50 valence electrons. The molecular formula is C6H10N2O. The molecule has 0 saturated heterocycles. The number of nitrogens with zero attached hydrogens (tertiary/aromatic N) is 2. The van der Waals surface area contributed by atoms with Crippen molar-refractivity contribution in [2.45, 2.75) is 0 Å². The third-order valence-corrected chi connectivity index (χ3v) is 0.591. The molecule has 0 aliphatic carbocycles. The van der Waals surface area contributed by atoms with E-state index in [4.69, 9.17) is 0 Å². The molecule has 0 bridgehead atoms. The molecule has 0 rings (SSSR count). The third-order valence-electron chi connectivity index (χ3n) is 0.591. The van der Waals surface area contributed by atoms with Crippen LogP contribution in [0.15, 0.2) is 17.6 Å². The zero-order valence-electron chi connectivity index (χ0n) is 5.66. The van der Waals surface area contributed by atoms with Gasteiger partial charge in [0.05, 0.1) is 6.34 Å². The van der Waals surface area contributed by atoms with Crippen molar-refractivity contribution in [1.82, 2.24) is 4.90 Å². The summed E-state index contributed by atoms with van der Waals surface area (Å²) >= 11 is 0. The summed E-state index contributed by atoms with van der Waals surface area (Å²) in [5.41, 5.74) is 0. The highest BCUT2D eigenvalue weighted by Gasteiger charge is 1.84. The van der Waals surface area contributed by atoms with Crippen LogP contribution in [-0.2, 0) is 4.79 Å². The fraction of sp³-hybridized carbons (Fsp3) is 0.333. The molecule has 0 heterocycles. The summed E-state index contributed by atoms with van der Waals surface area (Å²) in [6.07, 6.45) is 2.60. The number of rotatable bonds is 2. The van der Waals surface area contributed by atoms with E-state index in [1.165, 1.54) is 12.4 Å². The molecule has 0 aromatic heterocycles. The van der Waals surface area contributed by atoms with Crippen molar-refractivity contribution in [3.8, 4) is 0 Å². The van der Waals surface area contributed by atoms with E-state index in [2.05, 4.69) is 11.6 Å². The lowest BCUT2D eigenvalue weighted by molar-refractivity contribution is -0.113. The predicted octanol–water partition coefficient (Wildman–Crippen LogP) is 0.289. The van der Waals surface area contributed by atoms with Crippen LogP contribution in [0.5, 0.6) is 0 Å². The first-order valence-corrected chi connectivity index (χ1v) is 2.54. The first-order valence-electron chi connectivity index (χ1n) is 2.54. The second kappa shape index (κ2) is 3.83. The highest BCUT2D eigenvalue weighted by molar-refractivity contribution is 5.92. The summed E-state index contributed by atoms with van der Waals surface area (Å²) in [5.74, 6) is -0.316. The van der Waals surface area contributed by atoms with Gasteiger partial charge in [0.15, 0.2) is 0 Å². The molecule has 0 aromatic rings. The van der Waals surface area contributed by atoms with E-state index in [-0.39, 0.29) is 5.91 Å². The van der Waals surface area contributed by atoms with Gasteiger partial charge in [0, 0.05) is 14.1 Å². The second-order valence-electron chi connectivity index (χ2n) is 1.75. The molecule has 3 nitrogen and oxygen atoms in total. The summed E-state index contributed by atoms with van der Waals surface area (Å²) in [5, 5.41) is 0. The van der Waals surface area contributed by atoms with Crippen LogP contribution in [0.1, 0.15) is 0 Å². The van der Waals surface area contributed by atoms with E-state index in [1.807, 2.05) is 0 Å². The highest BCUT2D eigenvalue weighted by atomic mass is 16.1. The number of amides is 1. The standard InChI is InChI=1S/C6H10N2O/c1-4-6(9)7-5-8(2)3/h4-5H,1H2,2-3H3. The van der Waals surface area contributed by atoms with E-state index in [0.29, 0.717) is 0 Å². The molecule has 0 spiro atoms. The van der Waals surface area contributed by atoms with Gasteiger partial charge in [0.2, 0.25) is 0 Å². The van der Waals surface area contributed by atoms with Crippen LogP contribution in [0.3, 0.4) is 0 Å². The Morgan fingerprint density at radius 1 is 1.67 bits per heavy atom. The predicted molar refractivity (Wildman–Crippen MR) is 37.4 cm³/mol. The minimum absolute atomic E-state index is 0.316. The van der Waals surface area contributed by atoms with Gasteiger partial charge in [-0.3, -0.25) is 4.79 Å². The second-order valence-corrected chi connectivity index (χ2v) is 1.75. The zero-order valence-corrected chi connectivity index (χ0v) is 5.66. The van der Waals surface area contributed by atoms with Crippen molar-refractivity contribution in [1.29, 1.82) is 0 Å². The van der Waals surface area contributed by atoms with Gasteiger partial charge in [-0.05, 0) is 6.08 Å². The summed E-state index contributed by atoms with van der Waals surface area (Å²) < 4.78 is 0. The average molecular weight is 126 g/mol. The molecule has 3 heteroatoms. The van der Waals surface area contributed by atoms with E-state index >= 15 is 0 Å². The quantitative estimate of drug-likeness (QED) is 0.302. The topological polar surface area (TPSA) is 32.7 Å². The van der Waals surface area contributed by atoms with E-state index < -0.39 is 0 Å². The van der Waals surface area contributed by atoms with Crippen molar-refractivity contribution >= 4 is 12.2 Å². The molecule has 0 saturated carbocycles. The Labute approximate surface area is 54.7 Å². The molecule has 1 amide bonds. The maximum absolute atomic E-state index is 10.4. The Morgan fingerprint density at radius 3 is 2.56 bits per heavy atom. The van der Waals surface area contributed by atoms with Crippen LogP contribution in [0.2, 0.25) is 0 Å². The Bertz CT molecular complexity index is 138. The van der Waals surface area contributed by atoms with Gasteiger partial charge in [0.1, 0.15) is 0 Å². The van der Waals surface area contributed by atoms with Crippen LogP contribution < -0.4 is 0 Å². The van der Waals surface area contributed by atoms with Crippen LogP contribution in [-0.4, -0.2) is 31.2 Å². The average Bonchev–Trinajstić information content (AvgIpc) is 1.83. The molecule has 0 aliphatic rings. The summed E-state index contributed by atoms with van der Waals surface area (Å²) in [4.78, 5) is 15.5.